The maximum atomic E-state index is 12.1. The van der Waals surface area contributed by atoms with Gasteiger partial charge in [0.2, 0.25) is 0 Å². The van der Waals surface area contributed by atoms with Crippen LogP contribution in [0.4, 0.5) is 4.79 Å². The van der Waals surface area contributed by atoms with E-state index in [0.717, 1.165) is 12.8 Å². The number of fused-ring (bicyclic) bond motifs is 1. The van der Waals surface area contributed by atoms with Crippen molar-refractivity contribution in [3.8, 4) is 0 Å². The summed E-state index contributed by atoms with van der Waals surface area (Å²) in [5, 5.41) is 2.90. The number of urea groups is 1. The van der Waals surface area contributed by atoms with Crippen molar-refractivity contribution in [1.29, 1.82) is 0 Å². The first-order valence-electron chi connectivity index (χ1n) is 8.80. The third-order valence-electron chi connectivity index (χ3n) is 5.47. The number of nitrogens with one attached hydrogen (secondary N) is 1. The summed E-state index contributed by atoms with van der Waals surface area (Å²) in [4.78, 5) is 36.9. The first-order chi connectivity index (χ1) is 11.0. The molecular formula is C17H26N2O4. The number of ether oxygens (including phenoxy) is 1. The molecule has 2 saturated carbocycles. The molecule has 1 heterocycles. The van der Waals surface area contributed by atoms with Crippen molar-refractivity contribution in [2.24, 2.45) is 5.92 Å². The summed E-state index contributed by atoms with van der Waals surface area (Å²) in [5.41, 5.74) is 0. The average Bonchev–Trinajstić information content (AvgIpc) is 2.99. The molecule has 3 aliphatic rings. The van der Waals surface area contributed by atoms with Crippen LogP contribution in [0.5, 0.6) is 0 Å². The molecule has 2 amide bonds. The van der Waals surface area contributed by atoms with Crippen LogP contribution in [-0.2, 0) is 14.3 Å². The van der Waals surface area contributed by atoms with Crippen molar-refractivity contribution in [2.75, 3.05) is 6.54 Å². The van der Waals surface area contributed by atoms with Gasteiger partial charge in [-0.15, -0.1) is 0 Å². The smallest absolute Gasteiger partial charge is 0.318 e. The lowest BCUT2D eigenvalue weighted by Gasteiger charge is -2.31. The maximum absolute atomic E-state index is 12.1. The number of Topliss-reactive ketones (excluding diaryl/α,β-unsaturated/α-hetero) is 1. The van der Waals surface area contributed by atoms with E-state index in [-0.39, 0.29) is 36.0 Å². The van der Waals surface area contributed by atoms with E-state index in [1.165, 1.54) is 26.2 Å². The van der Waals surface area contributed by atoms with E-state index in [1.54, 1.807) is 4.90 Å². The lowest BCUT2D eigenvalue weighted by atomic mass is 9.84. The molecule has 0 aromatic carbocycles. The third kappa shape index (κ3) is 3.67. The standard InChI is InChI=1S/C17H26N2O4/c1-11(20)23-16(12-5-3-2-4-6-12)7-8-19-15-10-13(21)9-14(15)18-17(19)22/h12,14-16H,2-10H2,1H3,(H,18,22). The summed E-state index contributed by atoms with van der Waals surface area (Å²) in [6.45, 7) is 2.00. The SMILES string of the molecule is CC(=O)OC(CCN1C(=O)NC2CC(=O)CC21)C1CCCCC1. The van der Waals surface area contributed by atoms with Gasteiger partial charge in [-0.3, -0.25) is 9.59 Å². The average molecular weight is 322 g/mol. The number of esters is 1. The van der Waals surface area contributed by atoms with E-state index in [1.807, 2.05) is 0 Å². The van der Waals surface area contributed by atoms with Gasteiger partial charge in [-0.25, -0.2) is 4.79 Å². The Labute approximate surface area is 136 Å². The zero-order chi connectivity index (χ0) is 16.4. The molecule has 0 bridgehead atoms. The number of carbonyl (C=O) groups is 3. The molecule has 1 saturated heterocycles. The van der Waals surface area contributed by atoms with Crippen molar-refractivity contribution in [2.45, 2.75) is 76.5 Å². The Morgan fingerprint density at radius 1 is 1.26 bits per heavy atom. The molecule has 3 fully saturated rings. The number of ketones is 1. The van der Waals surface area contributed by atoms with Gasteiger partial charge in [-0.05, 0) is 18.8 Å². The summed E-state index contributed by atoms with van der Waals surface area (Å²) < 4.78 is 5.55. The summed E-state index contributed by atoms with van der Waals surface area (Å²) in [6, 6.07) is -0.131. The predicted molar refractivity (Wildman–Crippen MR) is 83.8 cm³/mol. The van der Waals surface area contributed by atoms with Gasteiger partial charge in [0, 0.05) is 32.7 Å². The highest BCUT2D eigenvalue weighted by molar-refractivity contribution is 5.88. The molecule has 128 valence electrons. The van der Waals surface area contributed by atoms with Crippen LogP contribution in [0.1, 0.15) is 58.3 Å². The number of rotatable bonds is 5. The van der Waals surface area contributed by atoms with Gasteiger partial charge in [0.25, 0.3) is 0 Å². The fraction of sp³-hybridized carbons (Fsp3) is 0.824. The van der Waals surface area contributed by atoms with Gasteiger partial charge in [-0.1, -0.05) is 19.3 Å². The van der Waals surface area contributed by atoms with Gasteiger partial charge in [0.05, 0.1) is 12.1 Å². The normalized spacial score (nSPS) is 29.3. The van der Waals surface area contributed by atoms with Crippen molar-refractivity contribution in [1.82, 2.24) is 10.2 Å². The number of hydrogen-bond donors (Lipinski definition) is 1. The molecule has 0 aromatic rings. The molecule has 0 radical (unpaired) electrons. The highest BCUT2D eigenvalue weighted by atomic mass is 16.5. The summed E-state index contributed by atoms with van der Waals surface area (Å²) >= 11 is 0. The second kappa shape index (κ2) is 6.89. The molecule has 6 nitrogen and oxygen atoms in total. The minimum absolute atomic E-state index is 0.0145. The Balaban J connectivity index is 1.60. The van der Waals surface area contributed by atoms with Crippen LogP contribution in [0.15, 0.2) is 0 Å². The third-order valence-corrected chi connectivity index (χ3v) is 5.47. The monoisotopic (exact) mass is 322 g/mol. The molecule has 3 unspecified atom stereocenters. The van der Waals surface area contributed by atoms with Crippen LogP contribution in [0, 0.1) is 5.92 Å². The Morgan fingerprint density at radius 2 is 2.00 bits per heavy atom. The predicted octanol–water partition coefficient (Wildman–Crippen LogP) is 2.01. The second-order valence-electron chi connectivity index (χ2n) is 7.10. The minimum atomic E-state index is -0.250. The molecule has 0 spiro atoms. The molecule has 1 N–H and O–H groups in total. The Hall–Kier alpha value is -1.59. The van der Waals surface area contributed by atoms with Crippen molar-refractivity contribution in [3.63, 3.8) is 0 Å². The molecular weight excluding hydrogens is 296 g/mol. The molecule has 2 aliphatic carbocycles. The Kier molecular flexibility index (Phi) is 4.87. The van der Waals surface area contributed by atoms with Crippen molar-refractivity contribution in [3.05, 3.63) is 0 Å². The van der Waals surface area contributed by atoms with E-state index in [0.29, 0.717) is 31.7 Å². The number of hydrogen-bond acceptors (Lipinski definition) is 4. The highest BCUT2D eigenvalue weighted by Gasteiger charge is 2.45. The lowest BCUT2D eigenvalue weighted by Crippen LogP contribution is -2.39. The van der Waals surface area contributed by atoms with E-state index in [4.69, 9.17) is 4.74 Å². The largest absolute Gasteiger partial charge is 0.462 e. The zero-order valence-corrected chi connectivity index (χ0v) is 13.8. The van der Waals surface area contributed by atoms with Gasteiger partial charge in [-0.2, -0.15) is 0 Å². The summed E-state index contributed by atoms with van der Waals surface area (Å²) in [6.07, 6.45) is 7.25. The van der Waals surface area contributed by atoms with Gasteiger partial charge >= 0.3 is 12.0 Å². The number of amides is 2. The fourth-order valence-corrected chi connectivity index (χ4v) is 4.35. The Bertz CT molecular complexity index is 487. The van der Waals surface area contributed by atoms with Crippen LogP contribution >= 0.6 is 0 Å². The first-order valence-corrected chi connectivity index (χ1v) is 8.80. The van der Waals surface area contributed by atoms with Crippen LogP contribution in [0.3, 0.4) is 0 Å². The summed E-state index contributed by atoms with van der Waals surface area (Å²) in [5.74, 6) is 0.369. The van der Waals surface area contributed by atoms with Crippen molar-refractivity contribution < 1.29 is 19.1 Å². The Morgan fingerprint density at radius 3 is 2.70 bits per heavy atom. The van der Waals surface area contributed by atoms with E-state index < -0.39 is 0 Å². The van der Waals surface area contributed by atoms with Crippen LogP contribution < -0.4 is 5.32 Å². The minimum Gasteiger partial charge on any atom is -0.462 e. The lowest BCUT2D eigenvalue weighted by molar-refractivity contribution is -0.150. The maximum Gasteiger partial charge on any atom is 0.318 e. The molecule has 3 atom stereocenters. The second-order valence-corrected chi connectivity index (χ2v) is 7.10. The molecule has 3 rings (SSSR count). The van der Waals surface area contributed by atoms with Gasteiger partial charge < -0.3 is 15.0 Å². The molecule has 1 aliphatic heterocycles. The fourth-order valence-electron chi connectivity index (χ4n) is 4.35. The van der Waals surface area contributed by atoms with Crippen molar-refractivity contribution >= 4 is 17.8 Å². The number of nitrogens with zero attached hydrogens (tertiary/aromatic N) is 1. The quantitative estimate of drug-likeness (QED) is 0.786. The van der Waals surface area contributed by atoms with Crippen LogP contribution in [0.2, 0.25) is 0 Å². The van der Waals surface area contributed by atoms with E-state index in [2.05, 4.69) is 5.32 Å². The van der Waals surface area contributed by atoms with E-state index >= 15 is 0 Å². The topological polar surface area (TPSA) is 75.7 Å². The summed E-state index contributed by atoms with van der Waals surface area (Å²) in [7, 11) is 0. The van der Waals surface area contributed by atoms with Crippen LogP contribution in [-0.4, -0.2) is 47.4 Å². The zero-order valence-electron chi connectivity index (χ0n) is 13.8. The molecule has 6 heteroatoms. The van der Waals surface area contributed by atoms with E-state index in [9.17, 15) is 14.4 Å². The molecule has 0 aromatic heterocycles. The van der Waals surface area contributed by atoms with Gasteiger partial charge in [0.15, 0.2) is 0 Å². The number of carbonyl (C=O) groups excluding carboxylic acids is 3. The molecule has 23 heavy (non-hydrogen) atoms. The highest BCUT2D eigenvalue weighted by Crippen LogP contribution is 2.31. The van der Waals surface area contributed by atoms with Crippen LogP contribution in [0.25, 0.3) is 0 Å². The van der Waals surface area contributed by atoms with Gasteiger partial charge in [0.1, 0.15) is 11.9 Å². The first kappa shape index (κ1) is 16.3.